The molecule has 1 aromatic carbocycles. The van der Waals surface area contributed by atoms with Gasteiger partial charge >= 0.3 is 0 Å². The lowest BCUT2D eigenvalue weighted by atomic mass is 9.89. The number of guanidine groups is 1. The number of sulfone groups is 1. The average molecular weight is 423 g/mol. The summed E-state index contributed by atoms with van der Waals surface area (Å²) in [5.74, 6) is 1.71. The van der Waals surface area contributed by atoms with Crippen LogP contribution >= 0.6 is 0 Å². The van der Waals surface area contributed by atoms with E-state index in [1.807, 2.05) is 0 Å². The van der Waals surface area contributed by atoms with E-state index in [2.05, 4.69) is 51.7 Å². The molecule has 8 heteroatoms. The van der Waals surface area contributed by atoms with Crippen molar-refractivity contribution in [3.8, 4) is 0 Å². The van der Waals surface area contributed by atoms with E-state index in [1.54, 1.807) is 7.05 Å². The summed E-state index contributed by atoms with van der Waals surface area (Å²) < 4.78 is 29.2. The van der Waals surface area contributed by atoms with Crippen LogP contribution < -0.4 is 10.6 Å². The smallest absolute Gasteiger partial charge is 0.191 e. The maximum Gasteiger partial charge on any atom is 0.191 e. The van der Waals surface area contributed by atoms with E-state index in [4.69, 9.17) is 4.74 Å². The average Bonchev–Trinajstić information content (AvgIpc) is 2.72. The van der Waals surface area contributed by atoms with E-state index in [-0.39, 0.29) is 17.6 Å². The molecular formula is C21H34N4O3S. The zero-order chi connectivity index (χ0) is 20.7. The van der Waals surface area contributed by atoms with Gasteiger partial charge in [-0.25, -0.2) is 8.42 Å². The molecule has 162 valence electrons. The Labute approximate surface area is 174 Å². The van der Waals surface area contributed by atoms with E-state index < -0.39 is 9.84 Å². The van der Waals surface area contributed by atoms with Gasteiger partial charge in [0.15, 0.2) is 15.8 Å². The molecule has 0 aliphatic carbocycles. The summed E-state index contributed by atoms with van der Waals surface area (Å²) >= 11 is 0. The highest BCUT2D eigenvalue weighted by molar-refractivity contribution is 7.91. The lowest BCUT2D eigenvalue weighted by Crippen LogP contribution is -2.47. The molecule has 0 saturated carbocycles. The molecule has 0 radical (unpaired) electrons. The molecule has 2 aliphatic heterocycles. The Morgan fingerprint density at radius 1 is 1.21 bits per heavy atom. The van der Waals surface area contributed by atoms with Crippen LogP contribution in [0.4, 0.5) is 0 Å². The molecule has 2 unspecified atom stereocenters. The van der Waals surface area contributed by atoms with Crippen molar-refractivity contribution in [3.63, 3.8) is 0 Å². The number of hydrogen-bond acceptors (Lipinski definition) is 5. The highest BCUT2D eigenvalue weighted by Gasteiger charge is 2.27. The second-order valence-corrected chi connectivity index (χ2v) is 10.3. The number of aryl methyl sites for hydroxylation is 1. The summed E-state index contributed by atoms with van der Waals surface area (Å²) in [4.78, 5) is 6.51. The summed E-state index contributed by atoms with van der Waals surface area (Å²) in [7, 11) is -1.05. The van der Waals surface area contributed by atoms with Gasteiger partial charge in [0.2, 0.25) is 0 Å². The van der Waals surface area contributed by atoms with Crippen molar-refractivity contribution >= 4 is 15.8 Å². The summed E-state index contributed by atoms with van der Waals surface area (Å²) in [6, 6.07) is 8.63. The molecule has 7 nitrogen and oxygen atoms in total. The van der Waals surface area contributed by atoms with Crippen molar-refractivity contribution in [2.75, 3.05) is 57.9 Å². The molecule has 2 aliphatic rings. The Morgan fingerprint density at radius 3 is 2.62 bits per heavy atom. The number of rotatable bonds is 6. The second kappa shape index (κ2) is 10.4. The predicted octanol–water partition coefficient (Wildman–Crippen LogP) is 1.36. The molecule has 0 aromatic heterocycles. The van der Waals surface area contributed by atoms with Gasteiger partial charge in [0.05, 0.1) is 17.6 Å². The van der Waals surface area contributed by atoms with Crippen molar-refractivity contribution < 1.29 is 13.2 Å². The zero-order valence-electron chi connectivity index (χ0n) is 17.6. The molecule has 3 rings (SSSR count). The molecule has 2 saturated heterocycles. The lowest BCUT2D eigenvalue weighted by Gasteiger charge is -2.33. The molecular weight excluding hydrogens is 388 g/mol. The van der Waals surface area contributed by atoms with E-state index in [0.717, 1.165) is 45.0 Å². The number of nitrogens with one attached hydrogen (secondary N) is 2. The Hall–Kier alpha value is -1.64. The van der Waals surface area contributed by atoms with Crippen LogP contribution in [0.25, 0.3) is 0 Å². The first kappa shape index (κ1) is 22.1. The Kier molecular flexibility index (Phi) is 7.91. The molecule has 0 spiro atoms. The van der Waals surface area contributed by atoms with Gasteiger partial charge in [-0.15, -0.1) is 0 Å². The van der Waals surface area contributed by atoms with E-state index in [0.29, 0.717) is 19.0 Å². The normalized spacial score (nSPS) is 25.5. The van der Waals surface area contributed by atoms with Gasteiger partial charge in [-0.05, 0) is 25.3 Å². The largest absolute Gasteiger partial charge is 0.373 e. The second-order valence-electron chi connectivity index (χ2n) is 7.98. The fourth-order valence-electron chi connectivity index (χ4n) is 3.93. The number of ether oxygens (including phenoxy) is 1. The van der Waals surface area contributed by atoms with Gasteiger partial charge in [-0.2, -0.15) is 0 Å². The van der Waals surface area contributed by atoms with Crippen LogP contribution in [-0.2, 0) is 14.6 Å². The van der Waals surface area contributed by atoms with Crippen LogP contribution in [0.1, 0.15) is 30.1 Å². The van der Waals surface area contributed by atoms with E-state index >= 15 is 0 Å². The monoisotopic (exact) mass is 422 g/mol. The maximum absolute atomic E-state index is 11.5. The van der Waals surface area contributed by atoms with Crippen molar-refractivity contribution in [2.24, 2.45) is 10.9 Å². The first-order valence-electron chi connectivity index (χ1n) is 10.5. The first-order valence-corrected chi connectivity index (χ1v) is 12.3. The van der Waals surface area contributed by atoms with Gasteiger partial charge in [0, 0.05) is 52.3 Å². The lowest BCUT2D eigenvalue weighted by molar-refractivity contribution is -0.0265. The molecule has 2 N–H and O–H groups in total. The topological polar surface area (TPSA) is 83.0 Å². The van der Waals surface area contributed by atoms with E-state index in [9.17, 15) is 8.42 Å². The SMILES string of the molecule is CN=C(NCCN1CCS(=O)(=O)CC1)NCC1CCCOC1c1ccc(C)cc1. The molecule has 0 bridgehead atoms. The molecule has 0 amide bonds. The van der Waals surface area contributed by atoms with Crippen LogP contribution in [0.3, 0.4) is 0 Å². The minimum absolute atomic E-state index is 0.116. The van der Waals surface area contributed by atoms with Crippen molar-refractivity contribution in [1.29, 1.82) is 0 Å². The van der Waals surface area contributed by atoms with Gasteiger partial charge in [-0.1, -0.05) is 29.8 Å². The summed E-state index contributed by atoms with van der Waals surface area (Å²) in [6.45, 7) is 6.51. The third kappa shape index (κ3) is 6.69. The Balaban J connectivity index is 1.44. The summed E-state index contributed by atoms with van der Waals surface area (Å²) in [5.41, 5.74) is 2.50. The van der Waals surface area contributed by atoms with Crippen LogP contribution in [-0.4, -0.2) is 77.2 Å². The van der Waals surface area contributed by atoms with Crippen molar-refractivity contribution in [2.45, 2.75) is 25.9 Å². The quantitative estimate of drug-likeness (QED) is 0.532. The van der Waals surface area contributed by atoms with Crippen LogP contribution in [0.15, 0.2) is 29.3 Å². The van der Waals surface area contributed by atoms with Crippen molar-refractivity contribution in [1.82, 2.24) is 15.5 Å². The fourth-order valence-corrected chi connectivity index (χ4v) is 5.21. The molecule has 2 fully saturated rings. The highest BCUT2D eigenvalue weighted by Crippen LogP contribution is 2.33. The van der Waals surface area contributed by atoms with Crippen LogP contribution in [0.5, 0.6) is 0 Å². The summed E-state index contributed by atoms with van der Waals surface area (Å²) in [6.07, 6.45) is 2.33. The minimum atomic E-state index is -2.82. The third-order valence-corrected chi connectivity index (χ3v) is 7.37. The minimum Gasteiger partial charge on any atom is -0.373 e. The number of benzene rings is 1. The fraction of sp³-hybridized carbons (Fsp3) is 0.667. The number of nitrogens with zero attached hydrogens (tertiary/aromatic N) is 2. The van der Waals surface area contributed by atoms with Gasteiger partial charge in [0.1, 0.15) is 0 Å². The molecule has 2 atom stereocenters. The first-order chi connectivity index (χ1) is 14.0. The Bertz CT molecular complexity index is 766. The summed E-state index contributed by atoms with van der Waals surface area (Å²) in [5, 5.41) is 6.79. The molecule has 29 heavy (non-hydrogen) atoms. The van der Waals surface area contributed by atoms with E-state index in [1.165, 1.54) is 11.1 Å². The van der Waals surface area contributed by atoms with Gasteiger partial charge < -0.3 is 15.4 Å². The van der Waals surface area contributed by atoms with Crippen LogP contribution in [0.2, 0.25) is 0 Å². The zero-order valence-corrected chi connectivity index (χ0v) is 18.4. The number of aliphatic imine (C=N–C) groups is 1. The number of hydrogen-bond donors (Lipinski definition) is 2. The maximum atomic E-state index is 11.5. The van der Waals surface area contributed by atoms with Crippen LogP contribution in [0, 0.1) is 12.8 Å². The third-order valence-electron chi connectivity index (χ3n) is 5.76. The van der Waals surface area contributed by atoms with Crippen molar-refractivity contribution in [3.05, 3.63) is 35.4 Å². The predicted molar refractivity (Wildman–Crippen MR) is 117 cm³/mol. The Morgan fingerprint density at radius 2 is 1.93 bits per heavy atom. The molecule has 2 heterocycles. The van der Waals surface area contributed by atoms with Gasteiger partial charge in [0.25, 0.3) is 0 Å². The van der Waals surface area contributed by atoms with Gasteiger partial charge in [-0.3, -0.25) is 9.89 Å². The standard InChI is InChI=1S/C21H34N4O3S/c1-17-5-7-18(8-6-17)20-19(4-3-13-28-20)16-24-21(22-2)23-9-10-25-11-14-29(26,27)15-12-25/h5-8,19-20H,3-4,9-16H2,1-2H3,(H2,22,23,24). The highest BCUT2D eigenvalue weighted by atomic mass is 32.2. The molecule has 1 aromatic rings.